The fourth-order valence-corrected chi connectivity index (χ4v) is 4.73. The predicted molar refractivity (Wildman–Crippen MR) is 149 cm³/mol. The average molecular weight is 623 g/mol. The van der Waals surface area contributed by atoms with E-state index < -0.39 is 42.2 Å². The second-order valence-corrected chi connectivity index (χ2v) is 9.84. The van der Waals surface area contributed by atoms with Gasteiger partial charge in [-0.05, 0) is 39.7 Å². The summed E-state index contributed by atoms with van der Waals surface area (Å²) in [5.41, 5.74) is 1.57. The molecular weight excluding hydrogens is 600 g/mol. The number of H-pyrrole nitrogens is 2. The largest absolute Gasteiger partial charge is 0.482 e. The van der Waals surface area contributed by atoms with E-state index in [9.17, 15) is 24.3 Å². The van der Waals surface area contributed by atoms with Crippen molar-refractivity contribution in [1.82, 2.24) is 20.3 Å². The Morgan fingerprint density at radius 1 is 1.05 bits per heavy atom. The molecule has 0 radical (unpaired) electrons. The molecule has 0 unspecified atom stereocenters. The molecule has 3 heterocycles. The highest BCUT2D eigenvalue weighted by Gasteiger charge is 2.30. The molecule has 4 N–H and O–H groups in total. The molecule has 0 bridgehead atoms. The number of esters is 1. The Labute approximate surface area is 239 Å². The van der Waals surface area contributed by atoms with Crippen LogP contribution in [0.3, 0.4) is 0 Å². The number of para-hydroxylation sites is 2. The zero-order chi connectivity index (χ0) is 28.9. The van der Waals surface area contributed by atoms with Gasteiger partial charge in [-0.15, -0.1) is 0 Å². The van der Waals surface area contributed by atoms with E-state index >= 15 is 0 Å². The van der Waals surface area contributed by atoms with Crippen molar-refractivity contribution in [1.29, 1.82) is 0 Å². The molecule has 2 aromatic carbocycles. The highest BCUT2D eigenvalue weighted by molar-refractivity contribution is 9.10. The maximum absolute atomic E-state index is 13.2. The molecule has 3 aromatic heterocycles. The fraction of sp³-hybridized carbons (Fsp3) is 0.179. The Morgan fingerprint density at radius 2 is 1.80 bits per heavy atom. The zero-order valence-electron chi connectivity index (χ0n) is 21.3. The summed E-state index contributed by atoms with van der Waals surface area (Å²) < 4.78 is 16.3. The lowest BCUT2D eigenvalue weighted by atomic mass is 10.1. The topological polar surface area (TPSA) is 177 Å². The normalized spacial score (nSPS) is 12.6. The van der Waals surface area contributed by atoms with Crippen molar-refractivity contribution in [3.63, 3.8) is 0 Å². The summed E-state index contributed by atoms with van der Waals surface area (Å²) in [4.78, 5) is 60.2. The van der Waals surface area contributed by atoms with E-state index in [0.717, 1.165) is 10.9 Å². The van der Waals surface area contributed by atoms with Crippen LogP contribution in [-0.4, -0.2) is 56.7 Å². The number of carboxylic acid groups (broad SMARTS) is 1. The van der Waals surface area contributed by atoms with E-state index in [1.54, 1.807) is 30.5 Å². The smallest absolute Gasteiger partial charge is 0.354 e. The minimum absolute atomic E-state index is 0.000926. The predicted octanol–water partition coefficient (Wildman–Crippen LogP) is 3.11. The van der Waals surface area contributed by atoms with Gasteiger partial charge in [-0.25, -0.2) is 19.4 Å². The van der Waals surface area contributed by atoms with Crippen molar-refractivity contribution in [3.8, 4) is 5.75 Å². The summed E-state index contributed by atoms with van der Waals surface area (Å²) in [5.74, 6) is -2.89. The number of imidazole rings is 1. The Kier molecular flexibility index (Phi) is 8.15. The van der Waals surface area contributed by atoms with Crippen LogP contribution in [0.25, 0.3) is 21.9 Å². The molecule has 1 amide bonds. The minimum Gasteiger partial charge on any atom is -0.482 e. The number of aromatic amines is 2. The van der Waals surface area contributed by atoms with Crippen molar-refractivity contribution in [2.24, 2.45) is 0 Å². The highest BCUT2D eigenvalue weighted by Crippen LogP contribution is 2.30. The van der Waals surface area contributed by atoms with Crippen LogP contribution in [0.2, 0.25) is 0 Å². The zero-order valence-corrected chi connectivity index (χ0v) is 22.8. The van der Waals surface area contributed by atoms with E-state index in [2.05, 4.69) is 36.2 Å². The SMILES string of the molecule is O=C(COc1c(Br)c(=O)oc2ccccc12)N[C@@H](Cc1cnc[nH]1)C(=O)O[C@@H](Cc1c[nH]c2ccccc12)C(=O)O. The lowest BCUT2D eigenvalue weighted by molar-refractivity contribution is -0.165. The van der Waals surface area contributed by atoms with E-state index in [1.165, 1.54) is 12.5 Å². The number of carboxylic acids is 1. The average Bonchev–Trinajstić information content (AvgIpc) is 3.62. The third-order valence-electron chi connectivity index (χ3n) is 6.27. The van der Waals surface area contributed by atoms with E-state index in [4.69, 9.17) is 13.9 Å². The van der Waals surface area contributed by atoms with Crippen molar-refractivity contribution < 1.29 is 33.4 Å². The van der Waals surface area contributed by atoms with E-state index in [1.807, 2.05) is 24.3 Å². The van der Waals surface area contributed by atoms with Crippen molar-refractivity contribution in [2.45, 2.75) is 25.0 Å². The molecule has 41 heavy (non-hydrogen) atoms. The quantitative estimate of drug-likeness (QED) is 0.127. The molecule has 210 valence electrons. The number of carbonyl (C=O) groups excluding carboxylic acids is 2. The first kappa shape index (κ1) is 27.6. The maximum Gasteiger partial charge on any atom is 0.354 e. The summed E-state index contributed by atoms with van der Waals surface area (Å²) >= 11 is 3.14. The van der Waals surface area contributed by atoms with Crippen LogP contribution in [-0.2, 0) is 32.0 Å². The number of hydrogen-bond donors (Lipinski definition) is 4. The molecule has 0 aliphatic heterocycles. The van der Waals surface area contributed by atoms with Crippen LogP contribution in [0.1, 0.15) is 11.3 Å². The van der Waals surface area contributed by atoms with E-state index in [0.29, 0.717) is 16.6 Å². The fourth-order valence-electron chi connectivity index (χ4n) is 4.33. The number of aromatic nitrogens is 3. The number of amides is 1. The molecule has 2 atom stereocenters. The molecular formula is C28H23BrN4O8. The van der Waals surface area contributed by atoms with Gasteiger partial charge >= 0.3 is 17.6 Å². The van der Waals surface area contributed by atoms with E-state index in [-0.39, 0.29) is 28.6 Å². The van der Waals surface area contributed by atoms with Gasteiger partial charge in [0, 0.05) is 41.8 Å². The maximum atomic E-state index is 13.2. The van der Waals surface area contributed by atoms with Gasteiger partial charge in [0.15, 0.2) is 12.4 Å². The Balaban J connectivity index is 1.31. The molecule has 0 saturated carbocycles. The summed E-state index contributed by atoms with van der Waals surface area (Å²) in [7, 11) is 0. The number of hydrogen-bond acceptors (Lipinski definition) is 8. The molecule has 5 rings (SSSR count). The molecule has 0 saturated heterocycles. The number of aliphatic carboxylic acids is 1. The number of carbonyl (C=O) groups is 3. The first-order valence-electron chi connectivity index (χ1n) is 12.4. The molecule has 0 aliphatic carbocycles. The molecule has 0 aliphatic rings. The lowest BCUT2D eigenvalue weighted by Gasteiger charge is -2.20. The third-order valence-corrected chi connectivity index (χ3v) is 6.96. The monoisotopic (exact) mass is 622 g/mol. The summed E-state index contributed by atoms with van der Waals surface area (Å²) in [6, 6.07) is 12.7. The highest BCUT2D eigenvalue weighted by atomic mass is 79.9. The molecule has 5 aromatic rings. The number of rotatable bonds is 11. The molecule has 0 fully saturated rings. The molecule has 13 heteroatoms. The summed E-state index contributed by atoms with van der Waals surface area (Å²) in [6.45, 7) is -0.559. The Morgan fingerprint density at radius 3 is 2.56 bits per heavy atom. The number of fused-ring (bicyclic) bond motifs is 2. The minimum atomic E-state index is -1.51. The number of ether oxygens (including phenoxy) is 2. The van der Waals surface area contributed by atoms with Crippen LogP contribution < -0.4 is 15.7 Å². The van der Waals surface area contributed by atoms with Gasteiger partial charge in [-0.3, -0.25) is 4.79 Å². The Hall–Kier alpha value is -4.91. The van der Waals surface area contributed by atoms with Crippen molar-refractivity contribution in [2.75, 3.05) is 6.61 Å². The second-order valence-electron chi connectivity index (χ2n) is 9.05. The number of halogens is 1. The number of nitrogens with one attached hydrogen (secondary N) is 3. The van der Waals surface area contributed by atoms with Crippen LogP contribution in [0.15, 0.2) is 80.9 Å². The van der Waals surface area contributed by atoms with Crippen LogP contribution in [0.4, 0.5) is 0 Å². The van der Waals surface area contributed by atoms with Gasteiger partial charge in [0.2, 0.25) is 6.10 Å². The Bertz CT molecular complexity index is 1780. The first-order valence-corrected chi connectivity index (χ1v) is 13.2. The summed E-state index contributed by atoms with van der Waals surface area (Å²) in [5, 5.41) is 13.6. The number of benzene rings is 2. The van der Waals surface area contributed by atoms with Crippen LogP contribution >= 0.6 is 15.9 Å². The third kappa shape index (κ3) is 6.30. The summed E-state index contributed by atoms with van der Waals surface area (Å²) in [6.07, 6.45) is 2.90. The second kappa shape index (κ2) is 12.1. The van der Waals surface area contributed by atoms with Gasteiger partial charge < -0.3 is 34.3 Å². The first-order chi connectivity index (χ1) is 19.8. The van der Waals surface area contributed by atoms with Gasteiger partial charge in [0.1, 0.15) is 16.1 Å². The number of nitrogens with zero attached hydrogens (tertiary/aromatic N) is 1. The lowest BCUT2D eigenvalue weighted by Crippen LogP contribution is -2.47. The van der Waals surface area contributed by atoms with Gasteiger partial charge in [0.05, 0.1) is 11.7 Å². The van der Waals surface area contributed by atoms with Gasteiger partial charge in [0.25, 0.3) is 5.91 Å². The van der Waals surface area contributed by atoms with Crippen molar-refractivity contribution in [3.05, 3.63) is 93.4 Å². The molecule has 12 nitrogen and oxygen atoms in total. The standard InChI is InChI=1S/C28H23BrN4O8/c29-24-25(18-6-2-4-8-21(18)40-28(24)38)39-13-23(34)33-20(10-16-12-30-14-32-16)27(37)41-22(26(35)36)9-15-11-31-19-7-3-1-5-17(15)19/h1-8,11-12,14,20,22,31H,9-10,13H2,(H,30,32)(H,33,34)(H,35,36)/t20-,22-/m0/s1. The van der Waals surface area contributed by atoms with Crippen LogP contribution in [0.5, 0.6) is 5.75 Å². The molecule has 0 spiro atoms. The van der Waals surface area contributed by atoms with Gasteiger partial charge in [-0.1, -0.05) is 30.3 Å². The van der Waals surface area contributed by atoms with Crippen LogP contribution in [0, 0.1) is 0 Å². The van der Waals surface area contributed by atoms with Gasteiger partial charge in [-0.2, -0.15) is 0 Å². The van der Waals surface area contributed by atoms with Crippen molar-refractivity contribution >= 4 is 55.6 Å².